The Bertz CT molecular complexity index is 1350. The number of hydrogen-bond donors (Lipinski definition) is 1. The first-order valence-corrected chi connectivity index (χ1v) is 10.9. The molecule has 1 heterocycles. The molecule has 1 aliphatic heterocycles. The largest absolute Gasteiger partial charge is 0.497 e. The maximum absolute atomic E-state index is 13.1. The number of nitrogens with zero attached hydrogens (tertiary/aromatic N) is 1. The molecular formula is C25H18Cl2N2O6. The number of rotatable bonds is 7. The first-order valence-electron chi connectivity index (χ1n) is 10.2. The molecule has 3 aromatic carbocycles. The molecule has 0 spiro atoms. The van der Waals surface area contributed by atoms with Crippen molar-refractivity contribution in [2.75, 3.05) is 24.4 Å². The van der Waals surface area contributed by atoms with Crippen molar-refractivity contribution in [3.05, 3.63) is 88.0 Å². The second-order valence-electron chi connectivity index (χ2n) is 7.22. The number of hydrogen-bond acceptors (Lipinski definition) is 7. The van der Waals surface area contributed by atoms with Gasteiger partial charge in [0.2, 0.25) is 0 Å². The van der Waals surface area contributed by atoms with Crippen LogP contribution in [0, 0.1) is 0 Å². The molecule has 1 aliphatic rings. The van der Waals surface area contributed by atoms with Gasteiger partial charge in [0.15, 0.2) is 0 Å². The van der Waals surface area contributed by atoms with Gasteiger partial charge < -0.3 is 19.5 Å². The normalized spacial score (nSPS) is 13.2. The van der Waals surface area contributed by atoms with Gasteiger partial charge in [-0.15, -0.1) is 0 Å². The Kier molecular flexibility index (Phi) is 6.95. The number of imide groups is 1. The third-order valence-electron chi connectivity index (χ3n) is 5.05. The summed E-state index contributed by atoms with van der Waals surface area (Å²) in [6.45, 7) is 0. The van der Waals surface area contributed by atoms with Crippen LogP contribution in [0.2, 0.25) is 5.02 Å². The number of anilines is 2. The molecule has 0 saturated heterocycles. The summed E-state index contributed by atoms with van der Waals surface area (Å²) in [6, 6.07) is 17.3. The zero-order valence-electron chi connectivity index (χ0n) is 18.5. The lowest BCUT2D eigenvalue weighted by molar-refractivity contribution is -0.120. The Hall–Kier alpha value is -4.01. The summed E-state index contributed by atoms with van der Waals surface area (Å²) in [4.78, 5) is 39.3. The highest BCUT2D eigenvalue weighted by molar-refractivity contribution is 6.53. The molecule has 2 amide bonds. The fourth-order valence-corrected chi connectivity index (χ4v) is 3.72. The minimum absolute atomic E-state index is 0.115. The van der Waals surface area contributed by atoms with E-state index < -0.39 is 17.8 Å². The predicted octanol–water partition coefficient (Wildman–Crippen LogP) is 5.01. The Morgan fingerprint density at radius 1 is 0.857 bits per heavy atom. The molecular weight excluding hydrogens is 495 g/mol. The SMILES string of the molecule is COc1ccc(OC)c(N2C(=O)C(Cl)=C(Nc3ccc(C(=O)Oc4cccc(Cl)c4)cc3)C2=O)c1. The van der Waals surface area contributed by atoms with Crippen LogP contribution in [0.3, 0.4) is 0 Å². The minimum atomic E-state index is -0.715. The molecule has 0 atom stereocenters. The van der Waals surface area contributed by atoms with Crippen molar-refractivity contribution in [3.63, 3.8) is 0 Å². The van der Waals surface area contributed by atoms with Crippen LogP contribution in [-0.4, -0.2) is 32.0 Å². The van der Waals surface area contributed by atoms with Crippen LogP contribution >= 0.6 is 23.2 Å². The van der Waals surface area contributed by atoms with Gasteiger partial charge in [0.1, 0.15) is 28.0 Å². The molecule has 0 radical (unpaired) electrons. The van der Waals surface area contributed by atoms with Gasteiger partial charge >= 0.3 is 5.97 Å². The monoisotopic (exact) mass is 512 g/mol. The van der Waals surface area contributed by atoms with Crippen LogP contribution in [0.15, 0.2) is 77.5 Å². The molecule has 178 valence electrons. The number of esters is 1. The summed E-state index contributed by atoms with van der Waals surface area (Å²) < 4.78 is 15.8. The maximum Gasteiger partial charge on any atom is 0.343 e. The van der Waals surface area contributed by atoms with E-state index in [2.05, 4.69) is 5.32 Å². The van der Waals surface area contributed by atoms with Gasteiger partial charge in [-0.1, -0.05) is 29.3 Å². The van der Waals surface area contributed by atoms with Gasteiger partial charge in [-0.2, -0.15) is 0 Å². The number of methoxy groups -OCH3 is 2. The van der Waals surface area contributed by atoms with Crippen molar-refractivity contribution in [1.29, 1.82) is 0 Å². The van der Waals surface area contributed by atoms with Crippen LogP contribution in [-0.2, 0) is 9.59 Å². The van der Waals surface area contributed by atoms with E-state index in [-0.39, 0.29) is 22.0 Å². The molecule has 3 aromatic rings. The fraction of sp³-hybridized carbons (Fsp3) is 0.0800. The van der Waals surface area contributed by atoms with Gasteiger partial charge in [-0.25, -0.2) is 9.69 Å². The van der Waals surface area contributed by atoms with Crippen molar-refractivity contribution in [1.82, 2.24) is 0 Å². The van der Waals surface area contributed by atoms with Crippen LogP contribution < -0.4 is 24.4 Å². The number of carbonyl (C=O) groups is 3. The lowest BCUT2D eigenvalue weighted by atomic mass is 10.2. The van der Waals surface area contributed by atoms with Gasteiger partial charge in [0.25, 0.3) is 11.8 Å². The second-order valence-corrected chi connectivity index (χ2v) is 8.04. The molecule has 4 rings (SSSR count). The van der Waals surface area contributed by atoms with E-state index in [1.165, 1.54) is 38.5 Å². The Morgan fingerprint density at radius 2 is 1.60 bits per heavy atom. The highest BCUT2D eigenvalue weighted by atomic mass is 35.5. The van der Waals surface area contributed by atoms with E-state index >= 15 is 0 Å². The number of ether oxygens (including phenoxy) is 3. The lowest BCUT2D eigenvalue weighted by Crippen LogP contribution is -2.32. The molecule has 10 heteroatoms. The van der Waals surface area contributed by atoms with Crippen LogP contribution in [0.1, 0.15) is 10.4 Å². The van der Waals surface area contributed by atoms with Crippen molar-refractivity contribution >= 4 is 52.4 Å². The smallest absolute Gasteiger partial charge is 0.343 e. The first kappa shape index (κ1) is 24.1. The van der Waals surface area contributed by atoms with Gasteiger partial charge in [0, 0.05) is 16.8 Å². The molecule has 35 heavy (non-hydrogen) atoms. The molecule has 0 saturated carbocycles. The summed E-state index contributed by atoms with van der Waals surface area (Å²) in [6.07, 6.45) is 0. The van der Waals surface area contributed by atoms with E-state index in [0.29, 0.717) is 28.0 Å². The zero-order valence-corrected chi connectivity index (χ0v) is 20.0. The molecule has 1 N–H and O–H groups in total. The fourth-order valence-electron chi connectivity index (χ4n) is 3.33. The Morgan fingerprint density at radius 3 is 2.26 bits per heavy atom. The summed E-state index contributed by atoms with van der Waals surface area (Å²) in [5, 5.41) is 3.01. The molecule has 0 unspecified atom stereocenters. The van der Waals surface area contributed by atoms with Gasteiger partial charge in [-0.3, -0.25) is 9.59 Å². The third kappa shape index (κ3) is 4.94. The van der Waals surface area contributed by atoms with Crippen LogP contribution in [0.4, 0.5) is 11.4 Å². The molecule has 0 bridgehead atoms. The Labute approximate surface area is 210 Å². The Balaban J connectivity index is 1.52. The van der Waals surface area contributed by atoms with Gasteiger partial charge in [-0.05, 0) is 54.6 Å². The average Bonchev–Trinajstić information content (AvgIpc) is 3.07. The summed E-state index contributed by atoms with van der Waals surface area (Å²) in [5.41, 5.74) is 0.775. The molecule has 0 aliphatic carbocycles. The number of amides is 2. The topological polar surface area (TPSA) is 94.2 Å². The number of halogens is 2. The first-order chi connectivity index (χ1) is 16.8. The van der Waals surface area contributed by atoms with E-state index in [0.717, 1.165) is 4.90 Å². The van der Waals surface area contributed by atoms with E-state index in [1.54, 1.807) is 42.5 Å². The quantitative estimate of drug-likeness (QED) is 0.270. The number of benzene rings is 3. The highest BCUT2D eigenvalue weighted by Gasteiger charge is 2.40. The predicted molar refractivity (Wildman–Crippen MR) is 131 cm³/mol. The van der Waals surface area contributed by atoms with Gasteiger partial charge in [0.05, 0.1) is 25.5 Å². The van der Waals surface area contributed by atoms with Crippen LogP contribution in [0.25, 0.3) is 0 Å². The summed E-state index contributed by atoms with van der Waals surface area (Å²) >= 11 is 12.1. The maximum atomic E-state index is 13.1. The van der Waals surface area contributed by atoms with Crippen molar-refractivity contribution in [2.45, 2.75) is 0 Å². The highest BCUT2D eigenvalue weighted by Crippen LogP contribution is 2.38. The number of carbonyl (C=O) groups excluding carboxylic acids is 3. The molecule has 0 aromatic heterocycles. The van der Waals surface area contributed by atoms with E-state index in [9.17, 15) is 14.4 Å². The van der Waals surface area contributed by atoms with Crippen molar-refractivity contribution < 1.29 is 28.6 Å². The second kappa shape index (κ2) is 10.1. The number of nitrogens with one attached hydrogen (secondary N) is 1. The summed E-state index contributed by atoms with van der Waals surface area (Å²) in [7, 11) is 2.88. The molecule has 0 fully saturated rings. The van der Waals surface area contributed by atoms with Crippen LogP contribution in [0.5, 0.6) is 17.2 Å². The average molecular weight is 513 g/mol. The third-order valence-corrected chi connectivity index (χ3v) is 5.64. The van der Waals surface area contributed by atoms with Crippen molar-refractivity contribution in [3.8, 4) is 17.2 Å². The zero-order chi connectivity index (χ0) is 25.1. The molecule has 8 nitrogen and oxygen atoms in total. The summed E-state index contributed by atoms with van der Waals surface area (Å²) in [5.74, 6) is -0.937. The minimum Gasteiger partial charge on any atom is -0.497 e. The van der Waals surface area contributed by atoms with Crippen molar-refractivity contribution in [2.24, 2.45) is 0 Å². The van der Waals surface area contributed by atoms with E-state index in [1.807, 2.05) is 0 Å². The van der Waals surface area contributed by atoms with E-state index in [4.69, 9.17) is 37.4 Å². The standard InChI is InChI=1S/C25H18Cl2N2O6/c1-33-17-10-11-20(34-2)19(13-17)29-23(30)21(27)22(24(29)31)28-16-8-6-14(7-9-16)25(32)35-18-5-3-4-15(26)12-18/h3-13,28H,1-2H3. The lowest BCUT2D eigenvalue weighted by Gasteiger charge is -2.19.